The van der Waals surface area contributed by atoms with E-state index < -0.39 is 10.0 Å². The van der Waals surface area contributed by atoms with Gasteiger partial charge in [-0.25, -0.2) is 8.42 Å². The van der Waals surface area contributed by atoms with Crippen molar-refractivity contribution < 1.29 is 13.2 Å². The molecule has 144 valence electrons. The third kappa shape index (κ3) is 4.07. The first-order valence-electron chi connectivity index (χ1n) is 8.68. The van der Waals surface area contributed by atoms with Crippen LogP contribution in [-0.2, 0) is 10.0 Å². The van der Waals surface area contributed by atoms with Crippen LogP contribution in [0, 0.1) is 20.8 Å². The molecule has 8 heteroatoms. The summed E-state index contributed by atoms with van der Waals surface area (Å²) in [6, 6.07) is 5.50. The molecule has 0 saturated carbocycles. The molecule has 0 bridgehead atoms. The molecule has 0 N–H and O–H groups in total. The van der Waals surface area contributed by atoms with Gasteiger partial charge in [0.25, 0.3) is 5.91 Å². The molecule has 3 rings (SSSR count). The highest BCUT2D eigenvalue weighted by atomic mass is 79.9. The van der Waals surface area contributed by atoms with Crippen molar-refractivity contribution in [2.75, 3.05) is 26.2 Å². The molecule has 1 amide bonds. The van der Waals surface area contributed by atoms with Gasteiger partial charge in [0.05, 0.1) is 10.5 Å². The van der Waals surface area contributed by atoms with Gasteiger partial charge in [-0.3, -0.25) is 9.78 Å². The van der Waals surface area contributed by atoms with Crippen LogP contribution in [0.3, 0.4) is 0 Å². The van der Waals surface area contributed by atoms with Crippen LogP contribution >= 0.6 is 15.9 Å². The highest BCUT2D eigenvalue weighted by Crippen LogP contribution is 2.26. The van der Waals surface area contributed by atoms with E-state index in [1.54, 1.807) is 17.2 Å². The number of carbonyl (C=O) groups is 1. The zero-order valence-corrected chi connectivity index (χ0v) is 18.0. The Kier molecular flexibility index (Phi) is 5.69. The van der Waals surface area contributed by atoms with Crippen LogP contribution in [0.4, 0.5) is 0 Å². The van der Waals surface area contributed by atoms with E-state index in [4.69, 9.17) is 0 Å². The lowest BCUT2D eigenvalue weighted by molar-refractivity contribution is 0.0697. The Morgan fingerprint density at radius 3 is 2.15 bits per heavy atom. The Labute approximate surface area is 168 Å². The second-order valence-electron chi connectivity index (χ2n) is 6.82. The van der Waals surface area contributed by atoms with Crippen LogP contribution in [0.2, 0.25) is 0 Å². The molecule has 1 aromatic heterocycles. The Hall–Kier alpha value is -1.77. The Balaban J connectivity index is 1.76. The molecule has 1 fully saturated rings. The fourth-order valence-corrected chi connectivity index (χ4v) is 5.74. The van der Waals surface area contributed by atoms with E-state index in [0.29, 0.717) is 23.5 Å². The number of amides is 1. The number of sulfonamides is 1. The average Bonchev–Trinajstić information content (AvgIpc) is 2.60. The summed E-state index contributed by atoms with van der Waals surface area (Å²) < 4.78 is 28.5. The average molecular weight is 452 g/mol. The maximum absolute atomic E-state index is 13.1. The van der Waals surface area contributed by atoms with Crippen molar-refractivity contribution in [2.24, 2.45) is 0 Å². The number of rotatable bonds is 3. The van der Waals surface area contributed by atoms with E-state index in [0.717, 1.165) is 21.2 Å². The molecule has 1 saturated heterocycles. The predicted molar refractivity (Wildman–Crippen MR) is 107 cm³/mol. The summed E-state index contributed by atoms with van der Waals surface area (Å²) in [6.07, 6.45) is 3.14. The lowest BCUT2D eigenvalue weighted by Gasteiger charge is -2.34. The van der Waals surface area contributed by atoms with Crippen molar-refractivity contribution in [1.29, 1.82) is 0 Å². The second kappa shape index (κ2) is 7.69. The topological polar surface area (TPSA) is 70.6 Å². The van der Waals surface area contributed by atoms with Crippen molar-refractivity contribution in [3.63, 3.8) is 0 Å². The second-order valence-corrected chi connectivity index (χ2v) is 9.61. The predicted octanol–water partition coefficient (Wildman–Crippen LogP) is 2.92. The number of benzene rings is 1. The Morgan fingerprint density at radius 1 is 1.00 bits per heavy atom. The van der Waals surface area contributed by atoms with E-state index >= 15 is 0 Å². The molecule has 2 aromatic rings. The lowest BCUT2D eigenvalue weighted by atomic mass is 10.1. The quantitative estimate of drug-likeness (QED) is 0.718. The minimum Gasteiger partial charge on any atom is -0.336 e. The minimum absolute atomic E-state index is 0.136. The monoisotopic (exact) mass is 451 g/mol. The molecule has 27 heavy (non-hydrogen) atoms. The Morgan fingerprint density at radius 2 is 1.59 bits per heavy atom. The maximum Gasteiger partial charge on any atom is 0.255 e. The molecule has 0 radical (unpaired) electrons. The molecule has 0 spiro atoms. The summed E-state index contributed by atoms with van der Waals surface area (Å²) in [5.74, 6) is -0.136. The number of nitrogens with zero attached hydrogens (tertiary/aromatic N) is 3. The summed E-state index contributed by atoms with van der Waals surface area (Å²) in [5.41, 5.74) is 3.05. The van der Waals surface area contributed by atoms with Gasteiger partial charge in [-0.15, -0.1) is 0 Å². The van der Waals surface area contributed by atoms with Crippen molar-refractivity contribution in [3.8, 4) is 0 Å². The maximum atomic E-state index is 13.1. The van der Waals surface area contributed by atoms with Crippen LogP contribution in [0.25, 0.3) is 0 Å². The van der Waals surface area contributed by atoms with Crippen LogP contribution in [0.1, 0.15) is 27.0 Å². The minimum atomic E-state index is -3.59. The van der Waals surface area contributed by atoms with E-state index in [1.165, 1.54) is 10.5 Å². The number of piperazine rings is 1. The number of pyridine rings is 1. The number of carbonyl (C=O) groups excluding carboxylic acids is 1. The van der Waals surface area contributed by atoms with Crippen LogP contribution in [0.5, 0.6) is 0 Å². The molecule has 2 heterocycles. The SMILES string of the molecule is Cc1cc(C)c(S(=O)(=O)N2CCN(C(=O)c3cncc(Br)c3)CC2)c(C)c1. The smallest absolute Gasteiger partial charge is 0.255 e. The van der Waals surface area contributed by atoms with Crippen LogP contribution < -0.4 is 0 Å². The van der Waals surface area contributed by atoms with Gasteiger partial charge in [0.15, 0.2) is 0 Å². The van der Waals surface area contributed by atoms with Gasteiger partial charge in [-0.05, 0) is 53.9 Å². The highest BCUT2D eigenvalue weighted by Gasteiger charge is 2.32. The van der Waals surface area contributed by atoms with Gasteiger partial charge in [0, 0.05) is 43.0 Å². The Bertz CT molecular complexity index is 960. The zero-order valence-electron chi connectivity index (χ0n) is 15.6. The number of hydrogen-bond donors (Lipinski definition) is 0. The lowest BCUT2D eigenvalue weighted by Crippen LogP contribution is -2.50. The van der Waals surface area contributed by atoms with Crippen LogP contribution in [-0.4, -0.2) is 54.7 Å². The van der Waals surface area contributed by atoms with Crippen molar-refractivity contribution >= 4 is 31.9 Å². The first kappa shape index (κ1) is 20.0. The first-order valence-corrected chi connectivity index (χ1v) is 10.9. The molecule has 6 nitrogen and oxygen atoms in total. The fourth-order valence-electron chi connectivity index (χ4n) is 3.55. The van der Waals surface area contributed by atoms with E-state index in [-0.39, 0.29) is 19.0 Å². The summed E-state index contributed by atoms with van der Waals surface area (Å²) in [4.78, 5) is 18.7. The summed E-state index contributed by atoms with van der Waals surface area (Å²) in [7, 11) is -3.59. The van der Waals surface area contributed by atoms with E-state index in [2.05, 4.69) is 20.9 Å². The summed E-state index contributed by atoms with van der Waals surface area (Å²) >= 11 is 3.31. The van der Waals surface area contributed by atoms with Crippen molar-refractivity contribution in [2.45, 2.75) is 25.7 Å². The number of hydrogen-bond acceptors (Lipinski definition) is 4. The zero-order chi connectivity index (χ0) is 19.8. The normalized spacial score (nSPS) is 15.8. The molecule has 1 aromatic carbocycles. The van der Waals surface area contributed by atoms with Gasteiger partial charge in [-0.2, -0.15) is 4.31 Å². The van der Waals surface area contributed by atoms with Gasteiger partial charge < -0.3 is 4.90 Å². The van der Waals surface area contributed by atoms with Crippen molar-refractivity contribution in [1.82, 2.24) is 14.2 Å². The van der Waals surface area contributed by atoms with E-state index in [9.17, 15) is 13.2 Å². The van der Waals surface area contributed by atoms with E-state index in [1.807, 2.05) is 32.9 Å². The highest BCUT2D eigenvalue weighted by molar-refractivity contribution is 9.10. The van der Waals surface area contributed by atoms with Crippen LogP contribution in [0.15, 0.2) is 40.0 Å². The molecule has 0 aliphatic carbocycles. The molecular weight excluding hydrogens is 430 g/mol. The molecule has 1 aliphatic heterocycles. The number of aromatic nitrogens is 1. The third-order valence-corrected chi connectivity index (χ3v) is 7.32. The largest absolute Gasteiger partial charge is 0.336 e. The van der Waals surface area contributed by atoms with Gasteiger partial charge in [-0.1, -0.05) is 17.7 Å². The van der Waals surface area contributed by atoms with Gasteiger partial charge in [0.1, 0.15) is 0 Å². The molecular formula is C19H22BrN3O3S. The molecule has 0 unspecified atom stereocenters. The third-order valence-electron chi connectivity index (χ3n) is 4.68. The standard InChI is InChI=1S/C19H22BrN3O3S/c1-13-8-14(2)18(15(3)9-13)27(25,26)23-6-4-22(5-7-23)19(24)16-10-17(20)12-21-11-16/h8-12H,4-7H2,1-3H3. The number of aryl methyl sites for hydroxylation is 3. The van der Waals surface area contributed by atoms with Gasteiger partial charge in [0.2, 0.25) is 10.0 Å². The molecule has 0 atom stereocenters. The fraction of sp³-hybridized carbons (Fsp3) is 0.368. The first-order chi connectivity index (χ1) is 12.7. The van der Waals surface area contributed by atoms with Crippen molar-refractivity contribution in [3.05, 3.63) is 57.3 Å². The summed E-state index contributed by atoms with van der Waals surface area (Å²) in [6.45, 7) is 6.88. The molecule has 1 aliphatic rings. The van der Waals surface area contributed by atoms with Gasteiger partial charge >= 0.3 is 0 Å². The summed E-state index contributed by atoms with van der Waals surface area (Å²) in [5, 5.41) is 0. The number of halogens is 1.